The summed E-state index contributed by atoms with van der Waals surface area (Å²) in [7, 11) is 0. The Morgan fingerprint density at radius 3 is 1.08 bits per heavy atom. The van der Waals surface area contributed by atoms with Gasteiger partial charge >= 0.3 is 0 Å². The van der Waals surface area contributed by atoms with Crippen LogP contribution in [0.4, 0.5) is 0 Å². The van der Waals surface area contributed by atoms with E-state index in [1.807, 2.05) is 0 Å². The maximum atomic E-state index is 6.66. The fourth-order valence-corrected chi connectivity index (χ4v) is 5.55. The van der Waals surface area contributed by atoms with Gasteiger partial charge in [-0.25, -0.2) is 0 Å². The van der Waals surface area contributed by atoms with Crippen LogP contribution in [0.15, 0.2) is 0 Å². The van der Waals surface area contributed by atoms with Gasteiger partial charge in [0, 0.05) is 11.1 Å². The monoisotopic (exact) mass is 176 g/mol. The maximum absolute atomic E-state index is 6.66. The average molecular weight is 176 g/mol. The fourth-order valence-electron chi connectivity index (χ4n) is 5.55. The van der Waals surface area contributed by atoms with Crippen LogP contribution in [-0.4, -0.2) is 11.1 Å². The van der Waals surface area contributed by atoms with Crippen LogP contribution in [0.1, 0.15) is 19.3 Å². The van der Waals surface area contributed by atoms with Gasteiger partial charge in [-0.15, -0.1) is 0 Å². The summed E-state index contributed by atoms with van der Waals surface area (Å²) in [6.07, 6.45) is 4.10. The van der Waals surface area contributed by atoms with Gasteiger partial charge < -0.3 is 11.5 Å². The Bertz CT molecular complexity index is 259. The predicted octanol–water partition coefficient (Wildman–Crippen LogP) is 0.317. The lowest BCUT2D eigenvalue weighted by atomic mass is 9.62. The van der Waals surface area contributed by atoms with Gasteiger partial charge in [-0.3, -0.25) is 0 Å². The van der Waals surface area contributed by atoms with Crippen LogP contribution in [0.3, 0.4) is 0 Å². The van der Waals surface area contributed by atoms with Crippen LogP contribution in [0.5, 0.6) is 0 Å². The number of nitrogens with two attached hydrogens (primary N) is 2. The van der Waals surface area contributed by atoms with Crippen molar-refractivity contribution < 1.29 is 0 Å². The van der Waals surface area contributed by atoms with Crippen molar-refractivity contribution >= 4 is 0 Å². The molecule has 2 nitrogen and oxygen atoms in total. The minimum atomic E-state index is 0.279. The van der Waals surface area contributed by atoms with Crippen molar-refractivity contribution in [1.29, 1.82) is 0 Å². The van der Waals surface area contributed by atoms with E-state index in [0.29, 0.717) is 0 Å². The topological polar surface area (TPSA) is 52.0 Å². The molecule has 0 saturated heterocycles. The lowest BCUT2D eigenvalue weighted by Gasteiger charge is -2.48. The molecule has 6 aliphatic carbocycles. The van der Waals surface area contributed by atoms with E-state index in [0.717, 1.165) is 35.5 Å². The number of hydrogen-bond acceptors (Lipinski definition) is 2. The molecule has 0 amide bonds. The van der Waals surface area contributed by atoms with Crippen LogP contribution in [0.25, 0.3) is 0 Å². The van der Waals surface area contributed by atoms with Gasteiger partial charge in [0.05, 0.1) is 0 Å². The van der Waals surface area contributed by atoms with Gasteiger partial charge in [-0.05, 0) is 54.8 Å². The minimum absolute atomic E-state index is 0.279. The molecule has 0 spiro atoms. The second kappa shape index (κ2) is 1.31. The van der Waals surface area contributed by atoms with Crippen molar-refractivity contribution in [3.8, 4) is 0 Å². The Kier molecular flexibility index (Phi) is 0.647. The highest BCUT2D eigenvalue weighted by atomic mass is 15.1. The Morgan fingerprint density at radius 2 is 0.846 bits per heavy atom. The molecule has 6 unspecified atom stereocenters. The van der Waals surface area contributed by atoms with Crippen molar-refractivity contribution in [2.24, 2.45) is 47.0 Å². The third-order valence-corrected chi connectivity index (χ3v) is 6.22. The normalized spacial score (nSPS) is 85.4. The quantitative estimate of drug-likeness (QED) is 0.558. The first-order valence-electron chi connectivity index (χ1n) is 5.76. The summed E-state index contributed by atoms with van der Waals surface area (Å²) in [4.78, 5) is 0. The summed E-state index contributed by atoms with van der Waals surface area (Å²) < 4.78 is 0. The second-order valence-corrected chi connectivity index (χ2v) is 6.35. The number of rotatable bonds is 0. The van der Waals surface area contributed by atoms with E-state index >= 15 is 0 Å². The van der Waals surface area contributed by atoms with Gasteiger partial charge in [0.2, 0.25) is 0 Å². The van der Waals surface area contributed by atoms with Gasteiger partial charge in [-0.1, -0.05) is 0 Å². The van der Waals surface area contributed by atoms with Crippen LogP contribution < -0.4 is 11.5 Å². The summed E-state index contributed by atoms with van der Waals surface area (Å²) in [5.41, 5.74) is 13.9. The largest absolute Gasteiger partial charge is 0.324 e. The molecular weight excluding hydrogens is 160 g/mol. The molecule has 0 aliphatic heterocycles. The third-order valence-electron chi connectivity index (χ3n) is 6.22. The van der Waals surface area contributed by atoms with E-state index in [-0.39, 0.29) is 11.1 Å². The van der Waals surface area contributed by atoms with E-state index in [2.05, 4.69) is 0 Å². The Morgan fingerprint density at radius 1 is 0.615 bits per heavy atom. The summed E-state index contributed by atoms with van der Waals surface area (Å²) in [5, 5.41) is 0. The van der Waals surface area contributed by atoms with E-state index in [9.17, 15) is 0 Å². The average Bonchev–Trinajstić information content (AvgIpc) is 3.00. The molecule has 0 radical (unpaired) electrons. The molecule has 13 heavy (non-hydrogen) atoms. The SMILES string of the molecule is NC12C3CC3C(N)(C3CC31)C1CC12. The first kappa shape index (κ1) is 6.41. The zero-order valence-electron chi connectivity index (χ0n) is 7.74. The standard InChI is InChI=1S/C11H16N2/c12-10-4-1-5(4)11(13,7-2-6(7)10)9-3-8(9)10/h4-9H,1-3,12-13H2. The lowest BCUT2D eigenvalue weighted by molar-refractivity contribution is 0.0728. The molecule has 0 aromatic heterocycles. The minimum Gasteiger partial charge on any atom is -0.324 e. The summed E-state index contributed by atoms with van der Waals surface area (Å²) in [6.45, 7) is 0. The molecular formula is C11H16N2. The second-order valence-electron chi connectivity index (χ2n) is 6.35. The highest BCUT2D eigenvalue weighted by molar-refractivity contribution is 5.41. The first-order chi connectivity index (χ1) is 6.18. The lowest BCUT2D eigenvalue weighted by Crippen LogP contribution is -2.64. The fraction of sp³-hybridized carbons (Fsp3) is 1.00. The van der Waals surface area contributed by atoms with Crippen LogP contribution in [0.2, 0.25) is 0 Å². The Labute approximate surface area is 78.0 Å². The molecule has 0 aromatic carbocycles. The highest BCUT2D eigenvalue weighted by Gasteiger charge is 2.87. The van der Waals surface area contributed by atoms with E-state index in [1.54, 1.807) is 0 Å². The van der Waals surface area contributed by atoms with Crippen molar-refractivity contribution in [3.05, 3.63) is 0 Å². The molecule has 0 heterocycles. The molecule has 0 aromatic rings. The molecule has 70 valence electrons. The van der Waals surface area contributed by atoms with Crippen LogP contribution in [0, 0.1) is 35.5 Å². The molecule has 2 heteroatoms. The third kappa shape index (κ3) is 0.403. The van der Waals surface area contributed by atoms with Crippen molar-refractivity contribution in [2.45, 2.75) is 30.3 Å². The molecule has 6 aliphatic rings. The molecule has 6 rings (SSSR count). The van der Waals surface area contributed by atoms with E-state index in [1.165, 1.54) is 19.3 Å². The molecule has 2 bridgehead atoms. The molecule has 4 N–H and O–H groups in total. The van der Waals surface area contributed by atoms with Gasteiger partial charge in [-0.2, -0.15) is 0 Å². The highest BCUT2D eigenvalue weighted by Crippen LogP contribution is 2.84. The summed E-state index contributed by atoms with van der Waals surface area (Å²) >= 11 is 0. The van der Waals surface area contributed by atoms with Crippen LogP contribution >= 0.6 is 0 Å². The van der Waals surface area contributed by atoms with Crippen molar-refractivity contribution in [3.63, 3.8) is 0 Å². The summed E-state index contributed by atoms with van der Waals surface area (Å²) in [5.74, 6) is 5.03. The van der Waals surface area contributed by atoms with E-state index < -0.39 is 0 Å². The Balaban J connectivity index is 1.81. The van der Waals surface area contributed by atoms with Crippen LogP contribution in [-0.2, 0) is 0 Å². The first-order valence-corrected chi connectivity index (χ1v) is 5.76. The Hall–Kier alpha value is -0.0800. The predicted molar refractivity (Wildman–Crippen MR) is 48.6 cm³/mol. The molecule has 6 saturated carbocycles. The maximum Gasteiger partial charge on any atom is 0.0250 e. The van der Waals surface area contributed by atoms with Gasteiger partial charge in [0.25, 0.3) is 0 Å². The van der Waals surface area contributed by atoms with Crippen molar-refractivity contribution in [1.82, 2.24) is 0 Å². The van der Waals surface area contributed by atoms with Crippen molar-refractivity contribution in [2.75, 3.05) is 0 Å². The zero-order valence-corrected chi connectivity index (χ0v) is 7.74. The van der Waals surface area contributed by atoms with Gasteiger partial charge in [0.15, 0.2) is 0 Å². The number of hydrogen-bond donors (Lipinski definition) is 2. The molecule has 6 fully saturated rings. The smallest absolute Gasteiger partial charge is 0.0250 e. The zero-order chi connectivity index (χ0) is 8.59. The summed E-state index contributed by atoms with van der Waals surface area (Å²) in [6, 6.07) is 0. The van der Waals surface area contributed by atoms with Gasteiger partial charge in [0.1, 0.15) is 0 Å². The molecule has 6 atom stereocenters. The van der Waals surface area contributed by atoms with E-state index in [4.69, 9.17) is 11.5 Å².